The molecular weight excluding hydrogens is 366 g/mol. The molecule has 0 N–H and O–H groups in total. The highest BCUT2D eigenvalue weighted by Crippen LogP contribution is 2.45. The van der Waals surface area contributed by atoms with Crippen molar-refractivity contribution in [2.45, 2.75) is 44.8 Å². The molecule has 2 aromatic rings. The number of para-hydroxylation sites is 2. The van der Waals surface area contributed by atoms with Crippen LogP contribution in [0.15, 0.2) is 64.6 Å². The van der Waals surface area contributed by atoms with E-state index in [9.17, 15) is 0 Å². The van der Waals surface area contributed by atoms with E-state index in [1.165, 1.54) is 0 Å². The minimum absolute atomic E-state index is 0.235. The number of hydrogen-bond acceptors (Lipinski definition) is 4. The zero-order valence-electron chi connectivity index (χ0n) is 17.0. The number of aryl methyl sites for hydroxylation is 1. The predicted molar refractivity (Wildman–Crippen MR) is 120 cm³/mol. The lowest BCUT2D eigenvalue weighted by Crippen LogP contribution is -2.59. The van der Waals surface area contributed by atoms with Crippen molar-refractivity contribution in [2.75, 3.05) is 17.8 Å². The standard InChI is InChI=1S/C23H27N3OS/c1-17-10-8-9-13-19(17)24-20-23(14-15-27-22(2,3)16-23)26(21(25-20)28-4)18-11-6-5-7-12-18/h5-13H,14-16H2,1-4H3. The molecule has 1 unspecified atom stereocenters. The van der Waals surface area contributed by atoms with Gasteiger partial charge in [0.15, 0.2) is 11.0 Å². The number of nitrogens with zero attached hydrogens (tertiary/aromatic N) is 3. The maximum absolute atomic E-state index is 6.09. The van der Waals surface area contributed by atoms with Crippen LogP contribution in [-0.2, 0) is 4.74 Å². The van der Waals surface area contributed by atoms with Gasteiger partial charge in [-0.1, -0.05) is 48.2 Å². The van der Waals surface area contributed by atoms with Crippen molar-refractivity contribution in [1.82, 2.24) is 0 Å². The van der Waals surface area contributed by atoms with E-state index in [0.717, 1.165) is 40.8 Å². The van der Waals surface area contributed by atoms with Crippen LogP contribution in [0.25, 0.3) is 0 Å². The normalized spacial score (nSPS) is 25.4. The first-order valence-corrected chi connectivity index (χ1v) is 10.9. The van der Waals surface area contributed by atoms with Gasteiger partial charge in [-0.15, -0.1) is 0 Å². The van der Waals surface area contributed by atoms with Crippen molar-refractivity contribution in [2.24, 2.45) is 9.98 Å². The van der Waals surface area contributed by atoms with E-state index < -0.39 is 0 Å². The lowest BCUT2D eigenvalue weighted by Gasteiger charge is -2.47. The summed E-state index contributed by atoms with van der Waals surface area (Å²) in [6, 6.07) is 18.8. The minimum Gasteiger partial charge on any atom is -0.375 e. The van der Waals surface area contributed by atoms with E-state index in [1.807, 2.05) is 12.1 Å². The molecule has 4 nitrogen and oxygen atoms in total. The Bertz CT molecular complexity index is 922. The van der Waals surface area contributed by atoms with Crippen molar-refractivity contribution >= 4 is 34.1 Å². The molecule has 2 aromatic carbocycles. The van der Waals surface area contributed by atoms with E-state index in [-0.39, 0.29) is 11.1 Å². The van der Waals surface area contributed by atoms with Crippen molar-refractivity contribution in [3.8, 4) is 0 Å². The van der Waals surface area contributed by atoms with E-state index in [2.05, 4.69) is 74.4 Å². The summed E-state index contributed by atoms with van der Waals surface area (Å²) >= 11 is 1.68. The molecular formula is C23H27N3OS. The molecule has 0 bridgehead atoms. The van der Waals surface area contributed by atoms with Gasteiger partial charge in [0.05, 0.1) is 11.3 Å². The molecule has 0 aliphatic carbocycles. The molecule has 2 aliphatic heterocycles. The first-order chi connectivity index (χ1) is 13.5. The van der Waals surface area contributed by atoms with Gasteiger partial charge in [-0.3, -0.25) is 0 Å². The fourth-order valence-electron chi connectivity index (χ4n) is 4.25. The van der Waals surface area contributed by atoms with Gasteiger partial charge >= 0.3 is 0 Å². The summed E-state index contributed by atoms with van der Waals surface area (Å²) in [4.78, 5) is 12.5. The van der Waals surface area contributed by atoms with Gasteiger partial charge in [-0.25, -0.2) is 9.98 Å². The van der Waals surface area contributed by atoms with E-state index >= 15 is 0 Å². The highest BCUT2D eigenvalue weighted by atomic mass is 32.2. The molecule has 0 saturated carbocycles. The maximum Gasteiger partial charge on any atom is 0.170 e. The van der Waals surface area contributed by atoms with Crippen molar-refractivity contribution in [3.05, 3.63) is 60.2 Å². The SMILES string of the molecule is CSC1=NC(=Nc2ccccc2C)C2(CCOC(C)(C)C2)N1c1ccccc1. The molecule has 0 aromatic heterocycles. The summed E-state index contributed by atoms with van der Waals surface area (Å²) in [5.41, 5.74) is 2.77. The van der Waals surface area contributed by atoms with Crippen LogP contribution in [0.4, 0.5) is 11.4 Å². The molecule has 146 valence electrons. The Kier molecular flexibility index (Phi) is 5.06. The van der Waals surface area contributed by atoms with Crippen LogP contribution in [0, 0.1) is 6.92 Å². The lowest BCUT2D eigenvalue weighted by molar-refractivity contribution is -0.0663. The molecule has 1 atom stereocenters. The van der Waals surface area contributed by atoms with Crippen LogP contribution < -0.4 is 4.90 Å². The molecule has 5 heteroatoms. The quantitative estimate of drug-likeness (QED) is 0.667. The number of anilines is 1. The molecule has 1 spiro atoms. The van der Waals surface area contributed by atoms with Gasteiger partial charge in [0.1, 0.15) is 5.54 Å². The summed E-state index contributed by atoms with van der Waals surface area (Å²) in [7, 11) is 0. The molecule has 28 heavy (non-hydrogen) atoms. The number of rotatable bonds is 2. The Balaban J connectivity index is 1.90. The Hall–Kier alpha value is -2.11. The minimum atomic E-state index is -0.302. The summed E-state index contributed by atoms with van der Waals surface area (Å²) in [5, 5.41) is 0.997. The van der Waals surface area contributed by atoms with Gasteiger partial charge in [0.25, 0.3) is 0 Å². The molecule has 2 heterocycles. The highest BCUT2D eigenvalue weighted by Gasteiger charge is 2.54. The lowest BCUT2D eigenvalue weighted by atomic mass is 9.79. The third kappa shape index (κ3) is 3.38. The zero-order chi connectivity index (χ0) is 19.8. The monoisotopic (exact) mass is 393 g/mol. The Morgan fingerprint density at radius 3 is 2.46 bits per heavy atom. The van der Waals surface area contributed by atoms with Gasteiger partial charge in [0, 0.05) is 25.1 Å². The van der Waals surface area contributed by atoms with E-state index in [4.69, 9.17) is 14.7 Å². The first-order valence-electron chi connectivity index (χ1n) is 9.72. The predicted octanol–water partition coefficient (Wildman–Crippen LogP) is 5.59. The smallest absolute Gasteiger partial charge is 0.170 e. The third-order valence-corrected chi connectivity index (χ3v) is 6.14. The number of hydrogen-bond donors (Lipinski definition) is 0. The average molecular weight is 394 g/mol. The third-order valence-electron chi connectivity index (χ3n) is 5.50. The maximum atomic E-state index is 6.09. The Labute approximate surface area is 171 Å². The highest BCUT2D eigenvalue weighted by molar-refractivity contribution is 8.13. The van der Waals surface area contributed by atoms with Crippen LogP contribution in [0.2, 0.25) is 0 Å². The summed E-state index contributed by atoms with van der Waals surface area (Å²) in [5.74, 6) is 0.895. The van der Waals surface area contributed by atoms with Gasteiger partial charge in [0.2, 0.25) is 0 Å². The van der Waals surface area contributed by atoms with Gasteiger partial charge in [-0.2, -0.15) is 0 Å². The zero-order valence-corrected chi connectivity index (χ0v) is 17.8. The summed E-state index contributed by atoms with van der Waals surface area (Å²) in [6.07, 6.45) is 3.79. The topological polar surface area (TPSA) is 37.2 Å². The molecule has 1 fully saturated rings. The fourth-order valence-corrected chi connectivity index (χ4v) is 4.89. The molecule has 0 amide bonds. The fraction of sp³-hybridized carbons (Fsp3) is 0.391. The summed E-state index contributed by atoms with van der Waals surface area (Å²) < 4.78 is 6.09. The van der Waals surface area contributed by atoms with E-state index in [0.29, 0.717) is 6.61 Å². The van der Waals surface area contributed by atoms with Crippen LogP contribution in [0.3, 0.4) is 0 Å². The van der Waals surface area contributed by atoms with E-state index in [1.54, 1.807) is 11.8 Å². The summed E-state index contributed by atoms with van der Waals surface area (Å²) in [6.45, 7) is 7.13. The van der Waals surface area contributed by atoms with Crippen molar-refractivity contribution in [1.29, 1.82) is 0 Å². The Morgan fingerprint density at radius 1 is 1.07 bits per heavy atom. The van der Waals surface area contributed by atoms with Crippen LogP contribution in [0.1, 0.15) is 32.3 Å². The van der Waals surface area contributed by atoms with Crippen molar-refractivity contribution in [3.63, 3.8) is 0 Å². The largest absolute Gasteiger partial charge is 0.375 e. The second-order valence-corrected chi connectivity index (χ2v) is 8.83. The second-order valence-electron chi connectivity index (χ2n) is 8.06. The molecule has 4 rings (SSSR count). The molecule has 2 aliphatic rings. The number of thioether (sulfide) groups is 1. The Morgan fingerprint density at radius 2 is 1.79 bits per heavy atom. The molecule has 1 saturated heterocycles. The first kappa shape index (κ1) is 19.2. The number of benzene rings is 2. The average Bonchev–Trinajstić information content (AvgIpc) is 2.95. The van der Waals surface area contributed by atoms with Gasteiger partial charge < -0.3 is 9.64 Å². The second kappa shape index (κ2) is 7.37. The number of ether oxygens (including phenoxy) is 1. The number of amidine groups is 2. The van der Waals surface area contributed by atoms with Crippen LogP contribution in [-0.4, -0.2) is 35.0 Å². The van der Waals surface area contributed by atoms with Crippen LogP contribution in [0.5, 0.6) is 0 Å². The number of aliphatic imine (C=N–C) groups is 2. The van der Waals surface area contributed by atoms with Gasteiger partial charge in [-0.05, 0) is 50.8 Å². The molecule has 0 radical (unpaired) electrons. The van der Waals surface area contributed by atoms with Crippen molar-refractivity contribution < 1.29 is 4.74 Å². The van der Waals surface area contributed by atoms with Crippen LogP contribution >= 0.6 is 11.8 Å².